The highest BCUT2D eigenvalue weighted by atomic mass is 16.5. The lowest BCUT2D eigenvalue weighted by Gasteiger charge is -2.28. The normalized spacial score (nSPS) is 15.9. The van der Waals surface area contributed by atoms with Crippen molar-refractivity contribution in [3.8, 4) is 0 Å². The Bertz CT molecular complexity index is 289. The molecule has 2 atom stereocenters. The molecule has 0 saturated carbocycles. The molecule has 140 valence electrons. The van der Waals surface area contributed by atoms with Crippen LogP contribution in [0.4, 0.5) is 0 Å². The molecule has 0 radical (unpaired) electrons. The predicted molar refractivity (Wildman–Crippen MR) is 102 cm³/mol. The van der Waals surface area contributed by atoms with E-state index < -0.39 is 5.60 Å². The van der Waals surface area contributed by atoms with Crippen molar-refractivity contribution in [2.45, 2.75) is 112 Å². The van der Waals surface area contributed by atoms with E-state index >= 15 is 0 Å². The predicted octanol–water partition coefficient (Wildman–Crippen LogP) is 6.21. The van der Waals surface area contributed by atoms with Crippen LogP contribution < -0.4 is 0 Å². The molecule has 0 fully saturated rings. The quantitative estimate of drug-likeness (QED) is 0.435. The van der Waals surface area contributed by atoms with Gasteiger partial charge in [0, 0.05) is 0 Å². The van der Waals surface area contributed by atoms with Crippen molar-refractivity contribution < 1.29 is 9.84 Å². The van der Waals surface area contributed by atoms with Crippen molar-refractivity contribution in [3.63, 3.8) is 0 Å². The third kappa shape index (κ3) is 15.2. The summed E-state index contributed by atoms with van der Waals surface area (Å²) >= 11 is 0. The summed E-state index contributed by atoms with van der Waals surface area (Å²) in [7, 11) is 0. The fourth-order valence-corrected chi connectivity index (χ4v) is 2.72. The van der Waals surface area contributed by atoms with Crippen LogP contribution in [0.2, 0.25) is 0 Å². The van der Waals surface area contributed by atoms with Crippen molar-refractivity contribution >= 4 is 0 Å². The van der Waals surface area contributed by atoms with Gasteiger partial charge in [-0.05, 0) is 64.7 Å². The van der Waals surface area contributed by atoms with Gasteiger partial charge in [0.15, 0.2) is 0 Å². The van der Waals surface area contributed by atoms with Gasteiger partial charge in [-0.25, -0.2) is 0 Å². The van der Waals surface area contributed by atoms with Gasteiger partial charge < -0.3 is 9.84 Å². The summed E-state index contributed by atoms with van der Waals surface area (Å²) < 4.78 is 5.99. The minimum atomic E-state index is -0.629. The van der Waals surface area contributed by atoms with E-state index in [1.54, 1.807) is 0 Å². The molecule has 1 N–H and O–H groups in total. The molecule has 0 amide bonds. The first-order valence-electron chi connectivity index (χ1n) is 9.77. The Morgan fingerprint density at radius 2 is 1.22 bits per heavy atom. The summed E-state index contributed by atoms with van der Waals surface area (Å²) in [5.41, 5.74) is -0.710. The molecule has 2 nitrogen and oxygen atoms in total. The molecule has 0 bridgehead atoms. The van der Waals surface area contributed by atoms with E-state index in [9.17, 15) is 5.11 Å². The Morgan fingerprint density at radius 3 is 1.70 bits per heavy atom. The number of aliphatic hydroxyl groups is 1. The van der Waals surface area contributed by atoms with Gasteiger partial charge >= 0.3 is 0 Å². The summed E-state index contributed by atoms with van der Waals surface area (Å²) in [6.45, 7) is 18.1. The molecule has 0 aliphatic heterocycles. The van der Waals surface area contributed by atoms with Crippen LogP contribution in [0.3, 0.4) is 0 Å². The molecule has 0 heterocycles. The third-order valence-corrected chi connectivity index (χ3v) is 4.83. The van der Waals surface area contributed by atoms with Crippen LogP contribution in [-0.2, 0) is 4.74 Å². The molecule has 2 heteroatoms. The Kier molecular flexibility index (Phi) is 10.7. The molecule has 0 saturated heterocycles. The van der Waals surface area contributed by atoms with Gasteiger partial charge in [0.1, 0.15) is 0 Å². The highest BCUT2D eigenvalue weighted by Gasteiger charge is 2.21. The van der Waals surface area contributed by atoms with Crippen molar-refractivity contribution in [2.75, 3.05) is 6.61 Å². The van der Waals surface area contributed by atoms with Crippen molar-refractivity contribution in [2.24, 2.45) is 17.8 Å². The molecule has 2 unspecified atom stereocenters. The molecule has 0 aliphatic rings. The molecular weight excluding hydrogens is 284 g/mol. The van der Waals surface area contributed by atoms with E-state index in [-0.39, 0.29) is 5.60 Å². The SMILES string of the molecule is CC(C)CCC(C)CCC(C)CCC(C)(C)OCCC(C)(C)O. The van der Waals surface area contributed by atoms with Gasteiger partial charge in [-0.3, -0.25) is 0 Å². The van der Waals surface area contributed by atoms with Gasteiger partial charge in [-0.15, -0.1) is 0 Å². The van der Waals surface area contributed by atoms with Gasteiger partial charge in [0.2, 0.25) is 0 Å². The largest absolute Gasteiger partial charge is 0.390 e. The molecule has 0 aromatic heterocycles. The number of hydrogen-bond acceptors (Lipinski definition) is 2. The maximum atomic E-state index is 9.75. The molecule has 23 heavy (non-hydrogen) atoms. The highest BCUT2D eigenvalue weighted by molar-refractivity contribution is 4.72. The maximum Gasteiger partial charge on any atom is 0.0626 e. The summed E-state index contributed by atoms with van der Waals surface area (Å²) in [5, 5.41) is 9.75. The third-order valence-electron chi connectivity index (χ3n) is 4.83. The average Bonchev–Trinajstić information content (AvgIpc) is 2.39. The second-order valence-electron chi connectivity index (χ2n) is 9.47. The first-order chi connectivity index (χ1) is 10.4. The summed E-state index contributed by atoms with van der Waals surface area (Å²) in [6, 6.07) is 0. The standard InChI is InChI=1S/C21H44O2/c1-17(2)9-10-18(3)11-12-19(4)13-14-21(7,8)23-16-15-20(5,6)22/h17-19,22H,9-16H2,1-8H3. The van der Waals surface area contributed by atoms with Gasteiger partial charge in [0.05, 0.1) is 17.8 Å². The van der Waals surface area contributed by atoms with E-state index in [0.717, 1.165) is 24.2 Å². The van der Waals surface area contributed by atoms with Crippen LogP contribution >= 0.6 is 0 Å². The average molecular weight is 329 g/mol. The lowest BCUT2D eigenvalue weighted by Crippen LogP contribution is -2.29. The second kappa shape index (κ2) is 10.7. The number of rotatable bonds is 13. The Morgan fingerprint density at radius 1 is 0.739 bits per heavy atom. The molecule has 0 rings (SSSR count). The van der Waals surface area contributed by atoms with Crippen LogP contribution in [0.1, 0.15) is 100 Å². The maximum absolute atomic E-state index is 9.75. The van der Waals surface area contributed by atoms with E-state index in [1.807, 2.05) is 13.8 Å². The zero-order valence-corrected chi connectivity index (χ0v) is 17.2. The molecule has 0 aromatic rings. The van der Waals surface area contributed by atoms with Crippen LogP contribution in [0.15, 0.2) is 0 Å². The van der Waals surface area contributed by atoms with E-state index in [0.29, 0.717) is 13.0 Å². The zero-order valence-electron chi connectivity index (χ0n) is 17.2. The molecular formula is C21H44O2. The summed E-state index contributed by atoms with van der Waals surface area (Å²) in [5.74, 6) is 2.46. The first kappa shape index (κ1) is 22.9. The summed E-state index contributed by atoms with van der Waals surface area (Å²) in [6.07, 6.45) is 8.44. The molecule has 0 aromatic carbocycles. The van der Waals surface area contributed by atoms with Crippen LogP contribution in [0.25, 0.3) is 0 Å². The van der Waals surface area contributed by atoms with E-state index in [2.05, 4.69) is 41.5 Å². The Labute approximate surface area is 146 Å². The Balaban J connectivity index is 3.87. The number of ether oxygens (including phenoxy) is 1. The fraction of sp³-hybridized carbons (Fsp3) is 1.00. The molecule has 0 aliphatic carbocycles. The van der Waals surface area contributed by atoms with Gasteiger partial charge in [-0.1, -0.05) is 53.4 Å². The first-order valence-corrected chi connectivity index (χ1v) is 9.77. The summed E-state index contributed by atoms with van der Waals surface area (Å²) in [4.78, 5) is 0. The molecule has 0 spiro atoms. The topological polar surface area (TPSA) is 29.5 Å². The van der Waals surface area contributed by atoms with Crippen LogP contribution in [0.5, 0.6) is 0 Å². The van der Waals surface area contributed by atoms with E-state index in [1.165, 1.54) is 32.1 Å². The van der Waals surface area contributed by atoms with Crippen molar-refractivity contribution in [1.82, 2.24) is 0 Å². The second-order valence-corrected chi connectivity index (χ2v) is 9.47. The highest BCUT2D eigenvalue weighted by Crippen LogP contribution is 2.25. The smallest absolute Gasteiger partial charge is 0.0626 e. The minimum absolute atomic E-state index is 0.0806. The number of hydrogen-bond donors (Lipinski definition) is 1. The minimum Gasteiger partial charge on any atom is -0.390 e. The van der Waals surface area contributed by atoms with Gasteiger partial charge in [0.25, 0.3) is 0 Å². The van der Waals surface area contributed by atoms with Gasteiger partial charge in [-0.2, -0.15) is 0 Å². The Hall–Kier alpha value is -0.0800. The van der Waals surface area contributed by atoms with Crippen LogP contribution in [0, 0.1) is 17.8 Å². The van der Waals surface area contributed by atoms with Crippen molar-refractivity contribution in [1.29, 1.82) is 0 Å². The lowest BCUT2D eigenvalue weighted by molar-refractivity contribution is -0.0524. The fourth-order valence-electron chi connectivity index (χ4n) is 2.72. The monoisotopic (exact) mass is 328 g/mol. The van der Waals surface area contributed by atoms with E-state index in [4.69, 9.17) is 4.74 Å². The van der Waals surface area contributed by atoms with Crippen molar-refractivity contribution in [3.05, 3.63) is 0 Å². The van der Waals surface area contributed by atoms with Crippen LogP contribution in [-0.4, -0.2) is 22.9 Å². The lowest BCUT2D eigenvalue weighted by atomic mass is 9.88. The zero-order chi connectivity index (χ0) is 18.1.